The molecular formula is C16H24N2S2. The number of thiophene rings is 2. The molecule has 0 spiro atoms. The normalized spacial score (nSPS) is 12.5. The highest BCUT2D eigenvalue weighted by Gasteiger charge is 2.23. The highest BCUT2D eigenvalue weighted by molar-refractivity contribution is 7.11. The van der Waals surface area contributed by atoms with Gasteiger partial charge in [0.05, 0.1) is 6.04 Å². The molecule has 0 amide bonds. The molecule has 4 heteroatoms. The highest BCUT2D eigenvalue weighted by atomic mass is 32.1. The van der Waals surface area contributed by atoms with E-state index in [-0.39, 0.29) is 5.41 Å². The van der Waals surface area contributed by atoms with Gasteiger partial charge in [-0.05, 0) is 42.4 Å². The van der Waals surface area contributed by atoms with Gasteiger partial charge in [-0.15, -0.1) is 22.7 Å². The monoisotopic (exact) mass is 308 g/mol. The quantitative estimate of drug-likeness (QED) is 0.829. The molecule has 2 aromatic heterocycles. The SMILES string of the molecule is CN(C)CC(C)(C)CNC(c1cccs1)c1cccs1. The zero-order valence-corrected chi connectivity index (χ0v) is 14.4. The van der Waals surface area contributed by atoms with Gasteiger partial charge < -0.3 is 10.2 Å². The van der Waals surface area contributed by atoms with Crippen molar-refractivity contribution in [1.29, 1.82) is 0 Å². The zero-order valence-electron chi connectivity index (χ0n) is 12.7. The zero-order chi connectivity index (χ0) is 14.6. The van der Waals surface area contributed by atoms with Gasteiger partial charge in [-0.2, -0.15) is 0 Å². The lowest BCUT2D eigenvalue weighted by atomic mass is 9.92. The molecule has 0 saturated heterocycles. The molecule has 0 aliphatic rings. The summed E-state index contributed by atoms with van der Waals surface area (Å²) in [5, 5.41) is 8.08. The van der Waals surface area contributed by atoms with Crippen LogP contribution in [0.25, 0.3) is 0 Å². The Bertz CT molecular complexity index is 452. The van der Waals surface area contributed by atoms with E-state index in [0.717, 1.165) is 13.1 Å². The molecule has 0 aromatic carbocycles. The van der Waals surface area contributed by atoms with Crippen molar-refractivity contribution in [2.45, 2.75) is 19.9 Å². The van der Waals surface area contributed by atoms with Gasteiger partial charge in [0.15, 0.2) is 0 Å². The van der Waals surface area contributed by atoms with Crippen LogP contribution in [0.1, 0.15) is 29.6 Å². The van der Waals surface area contributed by atoms with Crippen LogP contribution in [0.5, 0.6) is 0 Å². The molecule has 20 heavy (non-hydrogen) atoms. The van der Waals surface area contributed by atoms with Crippen molar-refractivity contribution in [1.82, 2.24) is 10.2 Å². The summed E-state index contributed by atoms with van der Waals surface area (Å²) in [5.74, 6) is 0. The molecule has 2 rings (SSSR count). The number of hydrogen-bond donors (Lipinski definition) is 1. The molecule has 0 unspecified atom stereocenters. The van der Waals surface area contributed by atoms with Crippen LogP contribution in [-0.2, 0) is 0 Å². The average molecular weight is 309 g/mol. The van der Waals surface area contributed by atoms with Gasteiger partial charge in [0.1, 0.15) is 0 Å². The van der Waals surface area contributed by atoms with Crippen LogP contribution in [0.2, 0.25) is 0 Å². The van der Waals surface area contributed by atoms with Crippen LogP contribution in [0.4, 0.5) is 0 Å². The van der Waals surface area contributed by atoms with Gasteiger partial charge in [0.2, 0.25) is 0 Å². The summed E-state index contributed by atoms with van der Waals surface area (Å²) in [7, 11) is 4.27. The molecule has 1 N–H and O–H groups in total. The Morgan fingerprint density at radius 2 is 1.65 bits per heavy atom. The van der Waals surface area contributed by atoms with Crippen LogP contribution in [0.15, 0.2) is 35.0 Å². The molecule has 2 nitrogen and oxygen atoms in total. The molecule has 0 radical (unpaired) electrons. The van der Waals surface area contributed by atoms with Gasteiger partial charge in [-0.3, -0.25) is 0 Å². The maximum atomic E-state index is 3.76. The molecule has 0 aliphatic heterocycles. The average Bonchev–Trinajstić information content (AvgIpc) is 2.98. The van der Waals surface area contributed by atoms with Gasteiger partial charge in [0, 0.05) is 22.8 Å². The van der Waals surface area contributed by atoms with Gasteiger partial charge in [-0.25, -0.2) is 0 Å². The minimum atomic E-state index is 0.260. The lowest BCUT2D eigenvalue weighted by molar-refractivity contribution is 0.229. The third-order valence-electron chi connectivity index (χ3n) is 3.18. The second-order valence-electron chi connectivity index (χ2n) is 6.25. The van der Waals surface area contributed by atoms with E-state index in [2.05, 4.69) is 73.2 Å². The summed E-state index contributed by atoms with van der Waals surface area (Å²) in [6, 6.07) is 9.04. The van der Waals surface area contributed by atoms with Gasteiger partial charge in [0.25, 0.3) is 0 Å². The summed E-state index contributed by atoms with van der Waals surface area (Å²) in [4.78, 5) is 5.05. The first-order valence-corrected chi connectivity index (χ1v) is 8.69. The van der Waals surface area contributed by atoms with E-state index in [1.165, 1.54) is 9.75 Å². The van der Waals surface area contributed by atoms with E-state index in [0.29, 0.717) is 6.04 Å². The van der Waals surface area contributed by atoms with Crippen molar-refractivity contribution >= 4 is 22.7 Å². The maximum absolute atomic E-state index is 3.76. The third-order valence-corrected chi connectivity index (χ3v) is 5.06. The third kappa shape index (κ3) is 4.42. The molecule has 2 aromatic rings. The first-order valence-electron chi connectivity index (χ1n) is 6.93. The molecule has 0 bridgehead atoms. The highest BCUT2D eigenvalue weighted by Crippen LogP contribution is 2.30. The van der Waals surface area contributed by atoms with E-state index in [9.17, 15) is 0 Å². The van der Waals surface area contributed by atoms with Crippen LogP contribution < -0.4 is 5.32 Å². The molecule has 110 valence electrons. The fraction of sp³-hybridized carbons (Fsp3) is 0.500. The Morgan fingerprint density at radius 1 is 1.10 bits per heavy atom. The first-order chi connectivity index (χ1) is 9.48. The maximum Gasteiger partial charge on any atom is 0.0765 e. The summed E-state index contributed by atoms with van der Waals surface area (Å²) >= 11 is 3.65. The molecule has 0 atom stereocenters. The lowest BCUT2D eigenvalue weighted by Crippen LogP contribution is -2.39. The van der Waals surface area contributed by atoms with Crippen molar-refractivity contribution in [3.63, 3.8) is 0 Å². The smallest absolute Gasteiger partial charge is 0.0765 e. The number of hydrogen-bond acceptors (Lipinski definition) is 4. The summed E-state index contributed by atoms with van der Waals surface area (Å²) < 4.78 is 0. The fourth-order valence-electron chi connectivity index (χ4n) is 2.54. The Hall–Kier alpha value is -0.680. The van der Waals surface area contributed by atoms with Crippen LogP contribution in [0.3, 0.4) is 0 Å². The topological polar surface area (TPSA) is 15.3 Å². The predicted molar refractivity (Wildman–Crippen MR) is 90.8 cm³/mol. The first kappa shape index (κ1) is 15.7. The minimum absolute atomic E-state index is 0.260. The molecule has 2 heterocycles. The Balaban J connectivity index is 2.06. The molecule has 0 fully saturated rings. The van der Waals surface area contributed by atoms with E-state index < -0.39 is 0 Å². The number of nitrogens with zero attached hydrogens (tertiary/aromatic N) is 1. The second kappa shape index (κ2) is 6.85. The van der Waals surface area contributed by atoms with Crippen LogP contribution in [-0.4, -0.2) is 32.1 Å². The molecule has 0 saturated carbocycles. The summed E-state index contributed by atoms with van der Waals surface area (Å²) in [6.07, 6.45) is 0. The minimum Gasteiger partial charge on any atom is -0.309 e. The summed E-state index contributed by atoms with van der Waals surface area (Å²) in [5.41, 5.74) is 0.260. The fourth-order valence-corrected chi connectivity index (χ4v) is 4.25. The van der Waals surface area contributed by atoms with Crippen molar-refractivity contribution in [2.75, 3.05) is 27.2 Å². The van der Waals surface area contributed by atoms with Crippen molar-refractivity contribution in [3.8, 4) is 0 Å². The molecule has 0 aliphatic carbocycles. The Morgan fingerprint density at radius 3 is 2.05 bits per heavy atom. The summed E-state index contributed by atoms with van der Waals surface area (Å²) in [6.45, 7) is 6.73. The standard InChI is InChI=1S/C16H24N2S2/c1-16(2,12-18(3)4)11-17-15(13-7-5-9-19-13)14-8-6-10-20-14/h5-10,15,17H,11-12H2,1-4H3. The van der Waals surface area contributed by atoms with Crippen LogP contribution >= 0.6 is 22.7 Å². The lowest BCUT2D eigenvalue weighted by Gasteiger charge is -2.30. The van der Waals surface area contributed by atoms with Crippen molar-refractivity contribution in [2.24, 2.45) is 5.41 Å². The van der Waals surface area contributed by atoms with Crippen molar-refractivity contribution in [3.05, 3.63) is 44.8 Å². The number of rotatable bonds is 7. The van der Waals surface area contributed by atoms with E-state index >= 15 is 0 Å². The number of nitrogens with one attached hydrogen (secondary N) is 1. The molecular weight excluding hydrogens is 284 g/mol. The Labute approximate surface area is 130 Å². The van der Waals surface area contributed by atoms with Gasteiger partial charge >= 0.3 is 0 Å². The van der Waals surface area contributed by atoms with Crippen molar-refractivity contribution < 1.29 is 0 Å². The largest absolute Gasteiger partial charge is 0.309 e. The van der Waals surface area contributed by atoms with E-state index in [1.54, 1.807) is 0 Å². The van der Waals surface area contributed by atoms with Crippen LogP contribution in [0, 0.1) is 5.41 Å². The van der Waals surface area contributed by atoms with E-state index in [1.807, 2.05) is 22.7 Å². The van der Waals surface area contributed by atoms with Gasteiger partial charge in [-0.1, -0.05) is 26.0 Å². The van der Waals surface area contributed by atoms with E-state index in [4.69, 9.17) is 0 Å². The predicted octanol–water partition coefficient (Wildman–Crippen LogP) is 4.08. The Kier molecular flexibility index (Phi) is 5.38. The second-order valence-corrected chi connectivity index (χ2v) is 8.21.